The summed E-state index contributed by atoms with van der Waals surface area (Å²) in [5, 5.41) is 0. The predicted molar refractivity (Wildman–Crippen MR) is 59.9 cm³/mol. The van der Waals surface area contributed by atoms with Crippen molar-refractivity contribution in [3.63, 3.8) is 0 Å². The maximum atomic E-state index is 11.7. The zero-order chi connectivity index (χ0) is 11.4. The molecule has 1 aromatic carbocycles. The number of ketones is 2. The molecule has 0 unspecified atom stereocenters. The van der Waals surface area contributed by atoms with E-state index in [1.165, 1.54) is 6.92 Å². The fourth-order valence-corrected chi connectivity index (χ4v) is 1.16. The van der Waals surface area contributed by atoms with E-state index in [2.05, 4.69) is 6.58 Å². The normalized spacial score (nSPS) is 9.73. The largest absolute Gasteiger partial charge is 0.295 e. The third kappa shape index (κ3) is 3.17. The first-order valence-electron chi connectivity index (χ1n) is 4.79. The fourth-order valence-electron chi connectivity index (χ4n) is 1.16. The average Bonchev–Trinajstić information content (AvgIpc) is 2.18. The fraction of sp³-hybridized carbons (Fsp3) is 0.231. The number of benzene rings is 1. The molecule has 2 heteroatoms. The van der Waals surface area contributed by atoms with E-state index in [0.717, 1.165) is 5.56 Å². The Labute approximate surface area is 89.6 Å². The molecule has 0 spiro atoms. The number of carbonyl (C=O) groups is 2. The summed E-state index contributed by atoms with van der Waals surface area (Å²) < 4.78 is 0. The van der Waals surface area contributed by atoms with Crippen LogP contribution in [0.3, 0.4) is 0 Å². The van der Waals surface area contributed by atoms with Gasteiger partial charge in [0.05, 0.1) is 0 Å². The molecule has 0 aliphatic carbocycles. The summed E-state index contributed by atoms with van der Waals surface area (Å²) in [4.78, 5) is 22.6. The van der Waals surface area contributed by atoms with E-state index in [0.29, 0.717) is 11.1 Å². The summed E-state index contributed by atoms with van der Waals surface area (Å²) >= 11 is 0. The van der Waals surface area contributed by atoms with Crippen LogP contribution < -0.4 is 0 Å². The second-order valence-electron chi connectivity index (χ2n) is 3.63. The highest BCUT2D eigenvalue weighted by Crippen LogP contribution is 2.10. The molecule has 0 bridgehead atoms. The summed E-state index contributed by atoms with van der Waals surface area (Å²) in [5.41, 5.74) is 2.10. The van der Waals surface area contributed by atoms with Gasteiger partial charge in [0.15, 0.2) is 11.6 Å². The van der Waals surface area contributed by atoms with Crippen molar-refractivity contribution in [2.24, 2.45) is 0 Å². The lowest BCUT2D eigenvalue weighted by molar-refractivity contribution is -0.113. The van der Waals surface area contributed by atoms with Gasteiger partial charge in [-0.05, 0) is 19.4 Å². The van der Waals surface area contributed by atoms with E-state index in [1.807, 2.05) is 19.1 Å². The van der Waals surface area contributed by atoms with Gasteiger partial charge in [-0.25, -0.2) is 0 Å². The maximum absolute atomic E-state index is 11.7. The summed E-state index contributed by atoms with van der Waals surface area (Å²) in [6, 6.07) is 7.30. The average molecular weight is 202 g/mol. The Morgan fingerprint density at radius 1 is 1.20 bits per heavy atom. The Morgan fingerprint density at radius 2 is 1.73 bits per heavy atom. The number of hydrogen-bond acceptors (Lipinski definition) is 2. The van der Waals surface area contributed by atoms with Crippen molar-refractivity contribution in [3.8, 4) is 0 Å². The van der Waals surface area contributed by atoms with E-state index in [-0.39, 0.29) is 18.0 Å². The Morgan fingerprint density at radius 3 is 2.20 bits per heavy atom. The van der Waals surface area contributed by atoms with Crippen molar-refractivity contribution >= 4 is 11.6 Å². The highest BCUT2D eigenvalue weighted by Gasteiger charge is 2.09. The minimum absolute atomic E-state index is 0.0600. The smallest absolute Gasteiger partial charge is 0.167 e. The maximum Gasteiger partial charge on any atom is 0.167 e. The van der Waals surface area contributed by atoms with E-state index in [1.54, 1.807) is 12.1 Å². The first-order valence-corrected chi connectivity index (χ1v) is 4.79. The van der Waals surface area contributed by atoms with Crippen molar-refractivity contribution in [1.82, 2.24) is 0 Å². The minimum atomic E-state index is -0.129. The molecular weight excluding hydrogens is 188 g/mol. The lowest BCUT2D eigenvalue weighted by atomic mass is 10.0. The van der Waals surface area contributed by atoms with Crippen LogP contribution >= 0.6 is 0 Å². The highest BCUT2D eigenvalue weighted by atomic mass is 16.1. The molecule has 0 heterocycles. The molecular formula is C13H14O2. The lowest BCUT2D eigenvalue weighted by Gasteiger charge is -2.02. The van der Waals surface area contributed by atoms with Crippen molar-refractivity contribution in [2.75, 3.05) is 0 Å². The van der Waals surface area contributed by atoms with Crippen molar-refractivity contribution in [3.05, 3.63) is 47.5 Å². The van der Waals surface area contributed by atoms with Gasteiger partial charge in [-0.15, -0.1) is 0 Å². The quantitative estimate of drug-likeness (QED) is 0.555. The van der Waals surface area contributed by atoms with Gasteiger partial charge < -0.3 is 0 Å². The third-order valence-electron chi connectivity index (χ3n) is 2.25. The number of aryl methyl sites for hydroxylation is 1. The topological polar surface area (TPSA) is 34.1 Å². The zero-order valence-electron chi connectivity index (χ0n) is 9.04. The summed E-state index contributed by atoms with van der Waals surface area (Å²) in [6.45, 7) is 6.95. The van der Waals surface area contributed by atoms with Crippen LogP contribution in [-0.4, -0.2) is 11.6 Å². The zero-order valence-corrected chi connectivity index (χ0v) is 9.04. The van der Waals surface area contributed by atoms with Gasteiger partial charge in [0.2, 0.25) is 0 Å². The van der Waals surface area contributed by atoms with Gasteiger partial charge in [-0.2, -0.15) is 0 Å². The third-order valence-corrected chi connectivity index (χ3v) is 2.25. The van der Waals surface area contributed by atoms with Crippen molar-refractivity contribution in [2.45, 2.75) is 20.3 Å². The molecule has 0 aliphatic heterocycles. The Bertz CT molecular complexity index is 399. The molecule has 0 radical (unpaired) electrons. The summed E-state index contributed by atoms with van der Waals surface area (Å²) in [5.74, 6) is -0.189. The molecule has 78 valence electrons. The Kier molecular flexibility index (Phi) is 3.56. The number of allylic oxidation sites excluding steroid dienone is 1. The van der Waals surface area contributed by atoms with Gasteiger partial charge in [0, 0.05) is 12.0 Å². The molecule has 0 saturated carbocycles. The standard InChI is InChI=1S/C13H14O2/c1-9-4-6-12(7-5-9)13(15)8-10(2)11(3)14/h4-7H,2,8H2,1,3H3. The first kappa shape index (κ1) is 11.4. The number of rotatable bonds is 4. The lowest BCUT2D eigenvalue weighted by Crippen LogP contribution is -2.04. The molecule has 0 amide bonds. The van der Waals surface area contributed by atoms with Gasteiger partial charge in [-0.1, -0.05) is 36.4 Å². The molecule has 1 rings (SSSR count). The van der Waals surface area contributed by atoms with Gasteiger partial charge in [-0.3, -0.25) is 9.59 Å². The Balaban J connectivity index is 2.74. The molecule has 0 N–H and O–H groups in total. The van der Waals surface area contributed by atoms with Gasteiger partial charge >= 0.3 is 0 Å². The van der Waals surface area contributed by atoms with Crippen LogP contribution in [0.15, 0.2) is 36.4 Å². The number of carbonyl (C=O) groups excluding carboxylic acids is 2. The predicted octanol–water partition coefficient (Wildman–Crippen LogP) is 2.71. The number of hydrogen-bond donors (Lipinski definition) is 0. The Hall–Kier alpha value is -1.70. The van der Waals surface area contributed by atoms with Crippen LogP contribution in [0.25, 0.3) is 0 Å². The molecule has 0 fully saturated rings. The van der Waals surface area contributed by atoms with E-state index >= 15 is 0 Å². The van der Waals surface area contributed by atoms with Gasteiger partial charge in [0.25, 0.3) is 0 Å². The van der Waals surface area contributed by atoms with Crippen LogP contribution in [0.5, 0.6) is 0 Å². The molecule has 0 saturated heterocycles. The molecule has 1 aromatic rings. The monoisotopic (exact) mass is 202 g/mol. The van der Waals surface area contributed by atoms with Crippen LogP contribution in [0, 0.1) is 6.92 Å². The highest BCUT2D eigenvalue weighted by molar-refractivity contribution is 6.04. The molecule has 0 aromatic heterocycles. The van der Waals surface area contributed by atoms with Gasteiger partial charge in [0.1, 0.15) is 0 Å². The van der Waals surface area contributed by atoms with Crippen LogP contribution in [0.4, 0.5) is 0 Å². The van der Waals surface area contributed by atoms with E-state index < -0.39 is 0 Å². The molecule has 2 nitrogen and oxygen atoms in total. The van der Waals surface area contributed by atoms with Crippen molar-refractivity contribution < 1.29 is 9.59 Å². The van der Waals surface area contributed by atoms with Crippen LogP contribution in [-0.2, 0) is 4.79 Å². The molecule has 0 aliphatic rings. The summed E-state index contributed by atoms with van der Waals surface area (Å²) in [6.07, 6.45) is 0.110. The van der Waals surface area contributed by atoms with Crippen molar-refractivity contribution in [1.29, 1.82) is 0 Å². The first-order chi connectivity index (χ1) is 7.00. The second kappa shape index (κ2) is 4.69. The van der Waals surface area contributed by atoms with Crippen LogP contribution in [0.2, 0.25) is 0 Å². The second-order valence-corrected chi connectivity index (χ2v) is 3.63. The molecule has 0 atom stereocenters. The summed E-state index contributed by atoms with van der Waals surface area (Å²) in [7, 11) is 0. The number of Topliss-reactive ketones (excluding diaryl/α,β-unsaturated/α-hetero) is 2. The SMILES string of the molecule is C=C(CC(=O)c1ccc(C)cc1)C(C)=O. The molecule has 15 heavy (non-hydrogen) atoms. The minimum Gasteiger partial charge on any atom is -0.295 e. The van der Waals surface area contributed by atoms with E-state index in [9.17, 15) is 9.59 Å². The van der Waals surface area contributed by atoms with Crippen LogP contribution in [0.1, 0.15) is 29.3 Å². The van der Waals surface area contributed by atoms with E-state index in [4.69, 9.17) is 0 Å².